The second-order valence-corrected chi connectivity index (χ2v) is 17.8. The number of para-hydroxylation sites is 3. The number of hydrogen-bond acceptors (Lipinski definition) is 5. The molecule has 0 saturated carbocycles. The summed E-state index contributed by atoms with van der Waals surface area (Å²) in [4.78, 5) is 21.5. The molecular weight excluding hydrogens is 869 g/mol. The molecule has 0 bridgehead atoms. The highest BCUT2D eigenvalue weighted by atomic mass is 16.3. The first-order chi connectivity index (χ1) is 35.2. The van der Waals surface area contributed by atoms with E-state index in [9.17, 15) is 0 Å². The average molecular weight is 909 g/mol. The van der Waals surface area contributed by atoms with Crippen LogP contribution in [0.5, 0.6) is 0 Å². The van der Waals surface area contributed by atoms with Gasteiger partial charge in [-0.25, -0.2) is 9.97 Å². The summed E-state index contributed by atoms with van der Waals surface area (Å²) in [6, 6.07) is 84.7. The molecule has 0 N–H and O–H groups in total. The summed E-state index contributed by atoms with van der Waals surface area (Å²) in [7, 11) is 0. The van der Waals surface area contributed by atoms with E-state index in [1.165, 1.54) is 0 Å². The van der Waals surface area contributed by atoms with Crippen molar-refractivity contribution in [2.45, 2.75) is 0 Å². The zero-order chi connectivity index (χ0) is 46.8. The smallest absolute Gasteiger partial charge is 0.238 e. The molecule has 0 amide bonds. The third-order valence-corrected chi connectivity index (χ3v) is 13.6. The van der Waals surface area contributed by atoms with Crippen molar-refractivity contribution in [2.75, 3.05) is 0 Å². The van der Waals surface area contributed by atoms with Gasteiger partial charge >= 0.3 is 0 Å². The predicted octanol–water partition coefficient (Wildman–Crippen LogP) is 16.2. The van der Waals surface area contributed by atoms with Crippen LogP contribution in [0, 0.1) is 0 Å². The van der Waals surface area contributed by atoms with Crippen LogP contribution in [-0.4, -0.2) is 29.1 Å². The van der Waals surface area contributed by atoms with Gasteiger partial charge < -0.3 is 8.98 Å². The summed E-state index contributed by atoms with van der Waals surface area (Å²) in [5, 5.41) is 4.45. The van der Waals surface area contributed by atoms with E-state index in [2.05, 4.69) is 191 Å². The van der Waals surface area contributed by atoms with Crippen LogP contribution in [0.3, 0.4) is 0 Å². The van der Waals surface area contributed by atoms with Crippen LogP contribution in [0.4, 0.5) is 0 Å². The minimum Gasteiger partial charge on any atom is -0.435 e. The van der Waals surface area contributed by atoms with Gasteiger partial charge in [-0.1, -0.05) is 176 Å². The fourth-order valence-corrected chi connectivity index (χ4v) is 10.3. The van der Waals surface area contributed by atoms with Gasteiger partial charge in [0.15, 0.2) is 17.2 Å². The Hall–Kier alpha value is -9.72. The summed E-state index contributed by atoms with van der Waals surface area (Å²) >= 11 is 0. The minimum atomic E-state index is 0.465. The second-order valence-electron chi connectivity index (χ2n) is 17.8. The highest BCUT2D eigenvalue weighted by Gasteiger charge is 2.25. The molecule has 0 radical (unpaired) electrons. The van der Waals surface area contributed by atoms with E-state index < -0.39 is 0 Å². The Kier molecular flexibility index (Phi) is 9.38. The molecule has 0 unspecified atom stereocenters. The van der Waals surface area contributed by atoms with E-state index in [4.69, 9.17) is 24.4 Å². The van der Waals surface area contributed by atoms with Crippen molar-refractivity contribution in [1.82, 2.24) is 29.1 Å². The van der Waals surface area contributed by atoms with Crippen molar-refractivity contribution < 1.29 is 4.42 Å². The van der Waals surface area contributed by atoms with Crippen LogP contribution in [0.25, 0.3) is 134 Å². The number of rotatable bonds is 8. The summed E-state index contributed by atoms with van der Waals surface area (Å²) in [6.45, 7) is 0. The fourth-order valence-electron chi connectivity index (χ4n) is 10.3. The van der Waals surface area contributed by atoms with Gasteiger partial charge in [0.2, 0.25) is 11.8 Å². The van der Waals surface area contributed by atoms with Crippen LogP contribution in [-0.2, 0) is 0 Å². The van der Waals surface area contributed by atoms with Gasteiger partial charge in [-0.3, -0.25) is 4.57 Å². The van der Waals surface area contributed by atoms with E-state index in [-0.39, 0.29) is 0 Å². The molecule has 14 aromatic rings. The monoisotopic (exact) mass is 908 g/mol. The van der Waals surface area contributed by atoms with E-state index in [1.807, 2.05) is 60.7 Å². The lowest BCUT2D eigenvalue weighted by Gasteiger charge is -2.15. The Morgan fingerprint density at radius 3 is 1.44 bits per heavy atom. The zero-order valence-corrected chi connectivity index (χ0v) is 38.2. The van der Waals surface area contributed by atoms with E-state index in [0.717, 1.165) is 93.8 Å². The van der Waals surface area contributed by atoms with Gasteiger partial charge in [-0.15, -0.1) is 0 Å². The number of hydrogen-bond donors (Lipinski definition) is 0. The Morgan fingerprint density at radius 2 is 0.803 bits per heavy atom. The number of fused-ring (bicyclic) bond motifs is 8. The molecule has 0 fully saturated rings. The molecule has 4 heterocycles. The molecule has 332 valence electrons. The maximum atomic E-state index is 6.69. The highest BCUT2D eigenvalue weighted by molar-refractivity contribution is 6.23. The van der Waals surface area contributed by atoms with Gasteiger partial charge in [0.1, 0.15) is 5.52 Å². The van der Waals surface area contributed by atoms with Crippen molar-refractivity contribution in [3.63, 3.8) is 0 Å². The van der Waals surface area contributed by atoms with Crippen molar-refractivity contribution in [3.8, 4) is 79.2 Å². The number of benzene rings is 10. The Balaban J connectivity index is 1.09. The van der Waals surface area contributed by atoms with Crippen molar-refractivity contribution >= 4 is 54.7 Å². The first kappa shape index (κ1) is 40.4. The molecule has 0 aliphatic carbocycles. The second kappa shape index (κ2) is 16.5. The molecule has 0 atom stereocenters. The Bertz CT molecular complexity index is 4270. The van der Waals surface area contributed by atoms with Crippen LogP contribution >= 0.6 is 0 Å². The number of nitrogens with zero attached hydrogens (tertiary/aromatic N) is 6. The number of aromatic nitrogens is 6. The van der Waals surface area contributed by atoms with Gasteiger partial charge in [-0.2, -0.15) is 9.97 Å². The molecule has 71 heavy (non-hydrogen) atoms. The molecular formula is C64H40N6O. The highest BCUT2D eigenvalue weighted by Crippen LogP contribution is 2.43. The lowest BCUT2D eigenvalue weighted by Crippen LogP contribution is -2.07. The van der Waals surface area contributed by atoms with E-state index in [1.54, 1.807) is 0 Å². The van der Waals surface area contributed by atoms with Gasteiger partial charge in [0.25, 0.3) is 0 Å². The molecule has 10 aromatic carbocycles. The van der Waals surface area contributed by atoms with Crippen LogP contribution < -0.4 is 0 Å². The molecule has 0 spiro atoms. The third-order valence-electron chi connectivity index (χ3n) is 13.6. The van der Waals surface area contributed by atoms with E-state index in [0.29, 0.717) is 40.2 Å². The fraction of sp³-hybridized carbons (Fsp3) is 0. The SMILES string of the molecule is c1ccc(-c2cc(-c3ccccc3)cc(-c3nc(-c4cccc5nc(-c6ccccc6)oc45)nc(-n4c5ccccc5c5ccc6c7ccccc7n(-c7cccc(-c8ccccc8)c7)c6c54)n3)c2)cc1. The topological polar surface area (TPSA) is 74.6 Å². The molecule has 0 aliphatic heterocycles. The Morgan fingerprint density at radius 1 is 0.310 bits per heavy atom. The summed E-state index contributed by atoms with van der Waals surface area (Å²) < 4.78 is 11.3. The van der Waals surface area contributed by atoms with Gasteiger partial charge in [-0.05, 0) is 100 Å². The summed E-state index contributed by atoms with van der Waals surface area (Å²) in [5.74, 6) is 1.99. The average Bonchev–Trinajstić information content (AvgIpc) is 4.15. The van der Waals surface area contributed by atoms with Crippen molar-refractivity contribution in [1.29, 1.82) is 0 Å². The first-order valence-corrected chi connectivity index (χ1v) is 23.8. The molecule has 4 aromatic heterocycles. The lowest BCUT2D eigenvalue weighted by atomic mass is 9.96. The molecule has 0 saturated heterocycles. The maximum absolute atomic E-state index is 6.69. The molecule has 0 aliphatic rings. The molecule has 7 nitrogen and oxygen atoms in total. The quantitative estimate of drug-likeness (QED) is 0.152. The lowest BCUT2D eigenvalue weighted by molar-refractivity contribution is 0.620. The minimum absolute atomic E-state index is 0.465. The van der Waals surface area contributed by atoms with Crippen molar-refractivity contribution in [3.05, 3.63) is 243 Å². The van der Waals surface area contributed by atoms with Gasteiger partial charge in [0, 0.05) is 38.4 Å². The van der Waals surface area contributed by atoms with Crippen LogP contribution in [0.1, 0.15) is 0 Å². The van der Waals surface area contributed by atoms with E-state index >= 15 is 0 Å². The standard InChI is InChI=1S/C64H40N6O/c1-5-19-41(20-6-1)45-27-17-28-49(40-45)69-56-33-15-13-29-50(56)52-35-36-53-51-30-14-16-34-57(51)70(59(53)58(52)69)64-67-61(48-38-46(42-21-7-2-8-22-42)37-47(39-48)43-23-9-3-10-24-43)66-62(68-64)54-31-18-32-55-60(54)71-63(65-55)44-25-11-4-12-26-44/h1-40H. The normalized spacial score (nSPS) is 11.7. The predicted molar refractivity (Wildman–Crippen MR) is 289 cm³/mol. The molecule has 7 heteroatoms. The number of oxazole rings is 1. The largest absolute Gasteiger partial charge is 0.435 e. The maximum Gasteiger partial charge on any atom is 0.238 e. The summed E-state index contributed by atoms with van der Waals surface area (Å²) in [5.41, 5.74) is 15.5. The van der Waals surface area contributed by atoms with Gasteiger partial charge in [0.05, 0.1) is 27.6 Å². The zero-order valence-electron chi connectivity index (χ0n) is 38.2. The Labute approximate surface area is 408 Å². The first-order valence-electron chi connectivity index (χ1n) is 23.8. The van der Waals surface area contributed by atoms with Crippen LogP contribution in [0.2, 0.25) is 0 Å². The van der Waals surface area contributed by atoms with Crippen LogP contribution in [0.15, 0.2) is 247 Å². The summed E-state index contributed by atoms with van der Waals surface area (Å²) in [6.07, 6.45) is 0. The molecule has 14 rings (SSSR count). The third kappa shape index (κ3) is 6.82. The van der Waals surface area contributed by atoms with Crippen molar-refractivity contribution in [2.24, 2.45) is 0 Å².